The Balaban J connectivity index is 2.00. The van der Waals surface area contributed by atoms with Crippen molar-refractivity contribution in [2.24, 2.45) is 11.8 Å². The van der Waals surface area contributed by atoms with E-state index >= 15 is 0 Å². The van der Waals surface area contributed by atoms with Crippen molar-refractivity contribution in [3.63, 3.8) is 0 Å². The van der Waals surface area contributed by atoms with Crippen molar-refractivity contribution < 1.29 is 0 Å². The van der Waals surface area contributed by atoms with Gasteiger partial charge < -0.3 is 5.32 Å². The molecule has 1 aliphatic rings. The largest absolute Gasteiger partial charge is 0.319 e. The van der Waals surface area contributed by atoms with E-state index in [0.29, 0.717) is 0 Å². The molecule has 0 aromatic carbocycles. The van der Waals surface area contributed by atoms with Gasteiger partial charge in [-0.25, -0.2) is 0 Å². The topological polar surface area (TPSA) is 24.9 Å². The fraction of sp³-hybridized carbons (Fsp3) is 0.643. The third-order valence-corrected chi connectivity index (χ3v) is 4.23. The van der Waals surface area contributed by atoms with Crippen LogP contribution in [0.5, 0.6) is 0 Å². The maximum Gasteiger partial charge on any atom is 0.0410 e. The Kier molecular flexibility index (Phi) is 4.99. The highest BCUT2D eigenvalue weighted by molar-refractivity contribution is 9.10. The van der Waals surface area contributed by atoms with Gasteiger partial charge in [0.25, 0.3) is 0 Å². The van der Waals surface area contributed by atoms with Crippen LogP contribution in [0.4, 0.5) is 0 Å². The first-order valence-electron chi connectivity index (χ1n) is 6.53. The van der Waals surface area contributed by atoms with Crippen LogP contribution in [-0.4, -0.2) is 18.6 Å². The van der Waals surface area contributed by atoms with Crippen molar-refractivity contribution in [3.05, 3.63) is 28.5 Å². The van der Waals surface area contributed by atoms with Crippen LogP contribution in [0, 0.1) is 11.8 Å². The van der Waals surface area contributed by atoms with E-state index < -0.39 is 0 Å². The molecule has 2 atom stereocenters. The number of nitrogens with one attached hydrogen (secondary N) is 1. The molecule has 17 heavy (non-hydrogen) atoms. The molecule has 3 heteroatoms. The van der Waals surface area contributed by atoms with Crippen LogP contribution in [0.3, 0.4) is 0 Å². The molecule has 1 heterocycles. The zero-order chi connectivity index (χ0) is 12.1. The van der Waals surface area contributed by atoms with Gasteiger partial charge in [0.15, 0.2) is 0 Å². The molecule has 0 bridgehead atoms. The first kappa shape index (κ1) is 13.0. The van der Waals surface area contributed by atoms with E-state index in [2.05, 4.69) is 39.3 Å². The van der Waals surface area contributed by atoms with Crippen molar-refractivity contribution in [3.8, 4) is 0 Å². The maximum atomic E-state index is 4.26. The van der Waals surface area contributed by atoms with Crippen LogP contribution in [0.25, 0.3) is 0 Å². The molecule has 2 nitrogen and oxygen atoms in total. The number of pyridine rings is 1. The summed E-state index contributed by atoms with van der Waals surface area (Å²) >= 11 is 3.50. The summed E-state index contributed by atoms with van der Waals surface area (Å²) in [6, 6.07) is 2.21. The lowest BCUT2D eigenvalue weighted by Gasteiger charge is -2.31. The lowest BCUT2D eigenvalue weighted by molar-refractivity contribution is 0.232. The highest BCUT2D eigenvalue weighted by Crippen LogP contribution is 2.32. The highest BCUT2D eigenvalue weighted by atomic mass is 79.9. The molecule has 1 fully saturated rings. The molecule has 0 aliphatic heterocycles. The van der Waals surface area contributed by atoms with Crippen LogP contribution >= 0.6 is 15.9 Å². The molecule has 1 aliphatic carbocycles. The zero-order valence-electron chi connectivity index (χ0n) is 10.5. The molecule has 2 rings (SSSR count). The average molecular weight is 297 g/mol. The van der Waals surface area contributed by atoms with Crippen molar-refractivity contribution in [2.45, 2.75) is 32.1 Å². The zero-order valence-corrected chi connectivity index (χ0v) is 12.0. The van der Waals surface area contributed by atoms with E-state index in [0.717, 1.165) is 22.9 Å². The van der Waals surface area contributed by atoms with Gasteiger partial charge in [-0.1, -0.05) is 12.8 Å². The van der Waals surface area contributed by atoms with Crippen molar-refractivity contribution >= 4 is 15.9 Å². The minimum Gasteiger partial charge on any atom is -0.319 e. The summed E-state index contributed by atoms with van der Waals surface area (Å²) in [5, 5.41) is 3.34. The van der Waals surface area contributed by atoms with Gasteiger partial charge in [-0.05, 0) is 72.3 Å². The summed E-state index contributed by atoms with van der Waals surface area (Å²) in [4.78, 5) is 4.26. The molecule has 2 unspecified atom stereocenters. The Morgan fingerprint density at radius 1 is 1.29 bits per heavy atom. The average Bonchev–Trinajstić information content (AvgIpc) is 2.32. The van der Waals surface area contributed by atoms with Crippen molar-refractivity contribution in [1.29, 1.82) is 0 Å². The molecule has 0 amide bonds. The lowest BCUT2D eigenvalue weighted by Crippen LogP contribution is -2.30. The van der Waals surface area contributed by atoms with E-state index in [4.69, 9.17) is 0 Å². The molecular weight excluding hydrogens is 276 g/mol. The smallest absolute Gasteiger partial charge is 0.0410 e. The Morgan fingerprint density at radius 3 is 2.76 bits per heavy atom. The van der Waals surface area contributed by atoms with Crippen molar-refractivity contribution in [2.75, 3.05) is 13.6 Å². The molecular formula is C14H21BrN2. The van der Waals surface area contributed by atoms with Crippen LogP contribution in [0.15, 0.2) is 22.9 Å². The Labute approximate surface area is 112 Å². The molecule has 0 spiro atoms. The Hall–Kier alpha value is -0.410. The predicted octanol–water partition coefficient (Wildman–Crippen LogP) is 3.41. The van der Waals surface area contributed by atoms with E-state index in [1.807, 2.05) is 12.4 Å². The fourth-order valence-electron chi connectivity index (χ4n) is 2.95. The number of rotatable bonds is 4. The van der Waals surface area contributed by atoms with Crippen LogP contribution in [0.1, 0.15) is 31.2 Å². The third kappa shape index (κ3) is 3.78. The monoisotopic (exact) mass is 296 g/mol. The lowest BCUT2D eigenvalue weighted by atomic mass is 9.76. The Morgan fingerprint density at radius 2 is 2.06 bits per heavy atom. The maximum absolute atomic E-state index is 4.26. The highest BCUT2D eigenvalue weighted by Gasteiger charge is 2.24. The molecule has 0 radical (unpaired) electrons. The third-order valence-electron chi connectivity index (χ3n) is 3.79. The van der Waals surface area contributed by atoms with Crippen LogP contribution < -0.4 is 5.32 Å². The Bertz CT molecular complexity index is 352. The summed E-state index contributed by atoms with van der Waals surface area (Å²) < 4.78 is 1.09. The fourth-order valence-corrected chi connectivity index (χ4v) is 3.37. The van der Waals surface area contributed by atoms with Gasteiger partial charge in [-0.15, -0.1) is 0 Å². The van der Waals surface area contributed by atoms with Crippen LogP contribution in [-0.2, 0) is 6.42 Å². The van der Waals surface area contributed by atoms with Gasteiger partial charge in [-0.2, -0.15) is 0 Å². The van der Waals surface area contributed by atoms with Gasteiger partial charge in [-0.3, -0.25) is 4.98 Å². The van der Waals surface area contributed by atoms with Crippen LogP contribution in [0.2, 0.25) is 0 Å². The van der Waals surface area contributed by atoms with E-state index in [1.165, 1.54) is 37.7 Å². The molecule has 94 valence electrons. The summed E-state index contributed by atoms with van der Waals surface area (Å²) in [6.07, 6.45) is 10.6. The number of hydrogen-bond donors (Lipinski definition) is 1. The summed E-state index contributed by atoms with van der Waals surface area (Å²) in [7, 11) is 2.06. The van der Waals surface area contributed by atoms with Gasteiger partial charge in [0.2, 0.25) is 0 Å². The number of nitrogens with zero attached hydrogens (tertiary/aromatic N) is 1. The minimum atomic E-state index is 0.826. The second-order valence-electron chi connectivity index (χ2n) is 5.08. The van der Waals surface area contributed by atoms with Crippen molar-refractivity contribution in [1.82, 2.24) is 10.3 Å². The van der Waals surface area contributed by atoms with E-state index in [-0.39, 0.29) is 0 Å². The summed E-state index contributed by atoms with van der Waals surface area (Å²) in [6.45, 7) is 1.16. The first-order valence-corrected chi connectivity index (χ1v) is 7.33. The second-order valence-corrected chi connectivity index (χ2v) is 5.99. The second kappa shape index (κ2) is 6.50. The number of aromatic nitrogens is 1. The van der Waals surface area contributed by atoms with Gasteiger partial charge in [0.05, 0.1) is 0 Å². The normalized spacial score (nSPS) is 24.8. The predicted molar refractivity (Wildman–Crippen MR) is 75.0 cm³/mol. The summed E-state index contributed by atoms with van der Waals surface area (Å²) in [5.41, 5.74) is 1.37. The minimum absolute atomic E-state index is 0.826. The van der Waals surface area contributed by atoms with Gasteiger partial charge in [0.1, 0.15) is 0 Å². The van der Waals surface area contributed by atoms with E-state index in [1.54, 1.807) is 0 Å². The summed E-state index contributed by atoms with van der Waals surface area (Å²) in [5.74, 6) is 1.67. The van der Waals surface area contributed by atoms with Gasteiger partial charge >= 0.3 is 0 Å². The first-order chi connectivity index (χ1) is 8.29. The number of hydrogen-bond acceptors (Lipinski definition) is 2. The molecule has 1 aromatic heterocycles. The SMILES string of the molecule is CNCC1CCCCC1Cc1cncc(Br)c1. The quantitative estimate of drug-likeness (QED) is 0.921. The number of halogens is 1. The standard InChI is InChI=1S/C14H21BrN2/c1-16-9-13-5-3-2-4-12(13)6-11-7-14(15)10-17-8-11/h7-8,10,12-13,16H,2-6,9H2,1H3. The molecule has 1 saturated carbocycles. The molecule has 1 N–H and O–H groups in total. The molecule has 1 aromatic rings. The van der Waals surface area contributed by atoms with Gasteiger partial charge in [0, 0.05) is 16.9 Å². The molecule has 0 saturated heterocycles. The van der Waals surface area contributed by atoms with E-state index in [9.17, 15) is 0 Å².